The van der Waals surface area contributed by atoms with E-state index in [2.05, 4.69) is 0 Å². The Morgan fingerprint density at radius 3 is 2.13 bits per heavy atom. The molecule has 0 saturated carbocycles. The summed E-state index contributed by atoms with van der Waals surface area (Å²) in [6.45, 7) is 1.93. The molecular weight excluding hydrogens is 239 g/mol. The molecule has 0 aromatic heterocycles. The summed E-state index contributed by atoms with van der Waals surface area (Å²) in [5, 5.41) is 0. The maximum atomic E-state index is 11.7. The highest BCUT2D eigenvalue weighted by Gasteiger charge is 2.26. The Kier molecular flexibility index (Phi) is 6.73. The van der Waals surface area contributed by atoms with Gasteiger partial charge in [-0.2, -0.15) is 0 Å². The molecule has 15 heavy (non-hydrogen) atoms. The SMILES string of the molecule is CCC(C=CP(=O)(OC)OC)(CCl)OC. The van der Waals surface area contributed by atoms with Gasteiger partial charge in [0, 0.05) is 27.1 Å². The zero-order valence-corrected chi connectivity index (χ0v) is 11.2. The minimum Gasteiger partial charge on any atom is -0.373 e. The molecular formula is C9H18ClO4P. The van der Waals surface area contributed by atoms with E-state index in [1.165, 1.54) is 20.0 Å². The molecule has 0 fully saturated rings. The van der Waals surface area contributed by atoms with Gasteiger partial charge in [-0.25, -0.2) is 0 Å². The number of hydrogen-bond donors (Lipinski definition) is 0. The lowest BCUT2D eigenvalue weighted by atomic mass is 10.0. The zero-order valence-electron chi connectivity index (χ0n) is 9.53. The number of ether oxygens (including phenoxy) is 1. The van der Waals surface area contributed by atoms with Crippen LogP contribution in [0.2, 0.25) is 0 Å². The van der Waals surface area contributed by atoms with Crippen LogP contribution in [-0.4, -0.2) is 32.8 Å². The van der Waals surface area contributed by atoms with E-state index >= 15 is 0 Å². The van der Waals surface area contributed by atoms with Crippen LogP contribution in [0.15, 0.2) is 11.9 Å². The molecule has 0 rings (SSSR count). The van der Waals surface area contributed by atoms with Crippen molar-refractivity contribution in [2.24, 2.45) is 0 Å². The lowest BCUT2D eigenvalue weighted by Gasteiger charge is -2.25. The number of hydrogen-bond acceptors (Lipinski definition) is 4. The summed E-state index contributed by atoms with van der Waals surface area (Å²) in [4.78, 5) is 0. The van der Waals surface area contributed by atoms with E-state index in [1.807, 2.05) is 6.92 Å². The third kappa shape index (κ3) is 4.25. The molecule has 0 aliphatic carbocycles. The maximum Gasteiger partial charge on any atom is 0.353 e. The summed E-state index contributed by atoms with van der Waals surface area (Å²) in [6.07, 6.45) is 2.31. The smallest absolute Gasteiger partial charge is 0.353 e. The molecule has 0 heterocycles. The number of methoxy groups -OCH3 is 1. The Balaban J connectivity index is 4.80. The molecule has 0 aromatic rings. The van der Waals surface area contributed by atoms with E-state index in [1.54, 1.807) is 13.2 Å². The highest BCUT2D eigenvalue weighted by Crippen LogP contribution is 2.48. The van der Waals surface area contributed by atoms with Crippen LogP contribution in [0.25, 0.3) is 0 Å². The van der Waals surface area contributed by atoms with Crippen molar-refractivity contribution >= 4 is 19.2 Å². The molecule has 0 saturated heterocycles. The summed E-state index contributed by atoms with van der Waals surface area (Å²) >= 11 is 5.79. The highest BCUT2D eigenvalue weighted by molar-refractivity contribution is 7.57. The first kappa shape index (κ1) is 15.1. The van der Waals surface area contributed by atoms with Crippen molar-refractivity contribution in [2.75, 3.05) is 27.2 Å². The molecule has 1 atom stereocenters. The highest BCUT2D eigenvalue weighted by atomic mass is 35.5. The Bertz CT molecular complexity index is 234. The topological polar surface area (TPSA) is 44.8 Å². The molecule has 4 nitrogen and oxygen atoms in total. The average Bonchev–Trinajstić information content (AvgIpc) is 2.31. The molecule has 0 radical (unpaired) electrons. The largest absolute Gasteiger partial charge is 0.373 e. The quantitative estimate of drug-likeness (QED) is 0.519. The number of alkyl halides is 1. The summed E-state index contributed by atoms with van der Waals surface area (Å²) in [5.74, 6) is 1.66. The van der Waals surface area contributed by atoms with Gasteiger partial charge in [-0.3, -0.25) is 4.57 Å². The van der Waals surface area contributed by atoms with Crippen molar-refractivity contribution in [1.29, 1.82) is 0 Å². The van der Waals surface area contributed by atoms with Gasteiger partial charge in [0.1, 0.15) is 0 Å². The Labute approximate surface area is 96.1 Å². The second kappa shape index (κ2) is 6.66. The third-order valence-electron chi connectivity index (χ3n) is 2.30. The van der Waals surface area contributed by atoms with E-state index < -0.39 is 13.2 Å². The van der Waals surface area contributed by atoms with Gasteiger partial charge in [-0.05, 0) is 12.5 Å². The van der Waals surface area contributed by atoms with E-state index in [-0.39, 0.29) is 5.88 Å². The van der Waals surface area contributed by atoms with E-state index in [0.717, 1.165) is 0 Å². The molecule has 0 aliphatic rings. The van der Waals surface area contributed by atoms with Crippen molar-refractivity contribution in [3.8, 4) is 0 Å². The van der Waals surface area contributed by atoms with Crippen molar-refractivity contribution in [3.63, 3.8) is 0 Å². The number of rotatable bonds is 7. The fraction of sp³-hybridized carbons (Fsp3) is 0.778. The summed E-state index contributed by atoms with van der Waals surface area (Å²) in [5.41, 5.74) is -0.617. The van der Waals surface area contributed by atoms with Crippen LogP contribution < -0.4 is 0 Å². The fourth-order valence-corrected chi connectivity index (χ4v) is 2.18. The second-order valence-corrected chi connectivity index (χ2v) is 5.35. The predicted octanol–water partition coefficient (Wildman–Crippen LogP) is 3.02. The van der Waals surface area contributed by atoms with Crippen LogP contribution in [0, 0.1) is 0 Å². The molecule has 0 aliphatic heterocycles. The first-order chi connectivity index (χ1) is 7.01. The van der Waals surface area contributed by atoms with Crippen molar-refractivity contribution in [3.05, 3.63) is 11.9 Å². The van der Waals surface area contributed by atoms with Crippen LogP contribution in [0.4, 0.5) is 0 Å². The first-order valence-corrected chi connectivity index (χ1v) is 6.68. The van der Waals surface area contributed by atoms with Crippen molar-refractivity contribution < 1.29 is 18.3 Å². The molecule has 0 bridgehead atoms. The van der Waals surface area contributed by atoms with Crippen LogP contribution in [-0.2, 0) is 18.3 Å². The lowest BCUT2D eigenvalue weighted by molar-refractivity contribution is 0.0486. The van der Waals surface area contributed by atoms with E-state index in [4.69, 9.17) is 25.4 Å². The Morgan fingerprint density at radius 2 is 1.87 bits per heavy atom. The fourth-order valence-electron chi connectivity index (χ4n) is 0.947. The molecule has 90 valence electrons. The Hall–Kier alpha value is 0.140. The maximum absolute atomic E-state index is 11.7. The summed E-state index contributed by atoms with van der Waals surface area (Å²) < 4.78 is 26.5. The van der Waals surface area contributed by atoms with Crippen LogP contribution >= 0.6 is 19.2 Å². The zero-order chi connectivity index (χ0) is 11.9. The standard InChI is InChI=1S/C9H18ClO4P/c1-5-9(8-10,12-2)6-7-15(11,13-3)14-4/h6-7H,5,8H2,1-4H3. The van der Waals surface area contributed by atoms with Crippen molar-refractivity contribution in [2.45, 2.75) is 18.9 Å². The third-order valence-corrected chi connectivity index (χ3v) is 4.29. The summed E-state index contributed by atoms with van der Waals surface area (Å²) in [7, 11) is 1.08. The molecule has 1 unspecified atom stereocenters. The van der Waals surface area contributed by atoms with E-state index in [0.29, 0.717) is 6.42 Å². The lowest BCUT2D eigenvalue weighted by Crippen LogP contribution is -2.29. The molecule has 0 spiro atoms. The van der Waals surface area contributed by atoms with Crippen LogP contribution in [0.3, 0.4) is 0 Å². The van der Waals surface area contributed by atoms with Gasteiger partial charge < -0.3 is 13.8 Å². The van der Waals surface area contributed by atoms with Gasteiger partial charge in [-0.1, -0.05) is 6.92 Å². The van der Waals surface area contributed by atoms with Gasteiger partial charge in [0.15, 0.2) is 0 Å². The molecule has 6 heteroatoms. The average molecular weight is 257 g/mol. The van der Waals surface area contributed by atoms with Crippen LogP contribution in [0.1, 0.15) is 13.3 Å². The monoisotopic (exact) mass is 256 g/mol. The van der Waals surface area contributed by atoms with Gasteiger partial charge in [0.25, 0.3) is 0 Å². The summed E-state index contributed by atoms with van der Waals surface area (Å²) in [6, 6.07) is 0. The van der Waals surface area contributed by atoms with Crippen molar-refractivity contribution in [1.82, 2.24) is 0 Å². The normalized spacial score (nSPS) is 16.9. The van der Waals surface area contributed by atoms with Gasteiger partial charge >= 0.3 is 7.60 Å². The van der Waals surface area contributed by atoms with Crippen LogP contribution in [0.5, 0.6) is 0 Å². The first-order valence-electron chi connectivity index (χ1n) is 4.54. The molecule has 0 aromatic carbocycles. The number of halogens is 1. The molecule has 0 amide bonds. The minimum atomic E-state index is -3.14. The second-order valence-electron chi connectivity index (χ2n) is 2.98. The Morgan fingerprint density at radius 1 is 1.33 bits per heavy atom. The van der Waals surface area contributed by atoms with Gasteiger partial charge in [0.2, 0.25) is 0 Å². The molecule has 0 N–H and O–H groups in total. The van der Waals surface area contributed by atoms with Gasteiger partial charge in [0.05, 0.1) is 11.5 Å². The minimum absolute atomic E-state index is 0.282. The predicted molar refractivity (Wildman–Crippen MR) is 61.5 cm³/mol. The van der Waals surface area contributed by atoms with E-state index in [9.17, 15) is 4.57 Å². The van der Waals surface area contributed by atoms with Gasteiger partial charge in [-0.15, -0.1) is 11.6 Å².